The number of aliphatic carboxylic acids is 1. The molecule has 6 nitrogen and oxygen atoms in total. The van der Waals surface area contributed by atoms with E-state index in [-0.39, 0.29) is 6.03 Å². The van der Waals surface area contributed by atoms with Crippen LogP contribution in [0.25, 0.3) is 11.1 Å². The minimum Gasteiger partial charge on any atom is -0.480 e. The lowest BCUT2D eigenvalue weighted by Crippen LogP contribution is -2.38. The molecule has 0 unspecified atom stereocenters. The molecule has 3 N–H and O–H groups in total. The van der Waals surface area contributed by atoms with Crippen molar-refractivity contribution < 1.29 is 14.7 Å². The van der Waals surface area contributed by atoms with E-state index in [1.807, 2.05) is 55.5 Å². The molecule has 2 amide bonds. The number of urea groups is 1. The summed E-state index contributed by atoms with van der Waals surface area (Å²) in [5.74, 6) is -0.831. The van der Waals surface area contributed by atoms with Crippen LogP contribution in [0.2, 0.25) is 0 Å². The highest BCUT2D eigenvalue weighted by Crippen LogP contribution is 2.25. The number of nitrogens with one attached hydrogen (secondary N) is 2. The predicted molar refractivity (Wildman–Crippen MR) is 136 cm³/mol. The molecule has 0 aromatic heterocycles. The molecule has 1 atom stereocenters. The van der Waals surface area contributed by atoms with E-state index in [9.17, 15) is 14.7 Å². The molecule has 2 aromatic carbocycles. The molecule has 0 fully saturated rings. The molecule has 0 aliphatic heterocycles. The van der Waals surface area contributed by atoms with Gasteiger partial charge in [0.15, 0.2) is 0 Å². The number of benzene rings is 2. The first-order valence-corrected chi connectivity index (χ1v) is 12.1. The molecule has 0 heterocycles. The Bertz CT molecular complexity index is 867. The number of nitrogens with zero attached hydrogens (tertiary/aromatic N) is 1. The molecule has 0 saturated heterocycles. The molecule has 0 bridgehead atoms. The SMILES string of the molecule is CCCCCCCNC(=O)N(C)c1cccc(-c2ccc(C[C@H](NCCC)C(=O)O)cc2)c1. The Balaban J connectivity index is 1.97. The fourth-order valence-corrected chi connectivity index (χ4v) is 3.69. The first kappa shape index (κ1) is 26.4. The number of carboxylic acid groups (broad SMARTS) is 1. The summed E-state index contributed by atoms with van der Waals surface area (Å²) in [6.45, 7) is 5.59. The van der Waals surface area contributed by atoms with Crippen LogP contribution in [0.1, 0.15) is 57.9 Å². The zero-order valence-electron chi connectivity index (χ0n) is 20.3. The van der Waals surface area contributed by atoms with E-state index >= 15 is 0 Å². The van der Waals surface area contributed by atoms with Gasteiger partial charge in [-0.1, -0.05) is 75.9 Å². The third kappa shape index (κ3) is 8.89. The molecular weight excluding hydrogens is 414 g/mol. The molecular formula is C27H39N3O3. The van der Waals surface area contributed by atoms with Crippen LogP contribution in [0.4, 0.5) is 10.5 Å². The highest BCUT2D eigenvalue weighted by molar-refractivity contribution is 5.92. The molecule has 2 rings (SSSR count). The van der Waals surface area contributed by atoms with E-state index in [0.717, 1.165) is 41.6 Å². The minimum absolute atomic E-state index is 0.0997. The number of rotatable bonds is 14. The largest absolute Gasteiger partial charge is 0.480 e. The molecule has 33 heavy (non-hydrogen) atoms. The average molecular weight is 454 g/mol. The van der Waals surface area contributed by atoms with Gasteiger partial charge in [-0.05, 0) is 54.6 Å². The lowest BCUT2D eigenvalue weighted by Gasteiger charge is -2.19. The lowest BCUT2D eigenvalue weighted by molar-refractivity contribution is -0.139. The smallest absolute Gasteiger partial charge is 0.321 e. The monoisotopic (exact) mass is 453 g/mol. The highest BCUT2D eigenvalue weighted by Gasteiger charge is 2.17. The number of carbonyl (C=O) groups excluding carboxylic acids is 1. The summed E-state index contributed by atoms with van der Waals surface area (Å²) in [7, 11) is 1.78. The minimum atomic E-state index is -0.831. The number of carboxylic acids is 1. The van der Waals surface area contributed by atoms with Gasteiger partial charge in [0, 0.05) is 19.3 Å². The van der Waals surface area contributed by atoms with E-state index in [4.69, 9.17) is 0 Å². The summed E-state index contributed by atoms with van der Waals surface area (Å²) in [5.41, 5.74) is 3.84. The summed E-state index contributed by atoms with van der Waals surface area (Å²) in [4.78, 5) is 25.6. The zero-order valence-corrected chi connectivity index (χ0v) is 20.3. The normalized spacial score (nSPS) is 11.7. The second-order valence-corrected chi connectivity index (χ2v) is 8.50. The molecule has 0 saturated carbocycles. The van der Waals surface area contributed by atoms with E-state index < -0.39 is 12.0 Å². The van der Waals surface area contributed by atoms with Crippen LogP contribution >= 0.6 is 0 Å². The van der Waals surface area contributed by atoms with Gasteiger partial charge in [-0.3, -0.25) is 9.69 Å². The topological polar surface area (TPSA) is 81.7 Å². The summed E-state index contributed by atoms with van der Waals surface area (Å²) in [5, 5.41) is 15.5. The molecule has 0 spiro atoms. The summed E-state index contributed by atoms with van der Waals surface area (Å²) in [6.07, 6.45) is 7.16. The first-order chi connectivity index (χ1) is 16.0. The predicted octanol–water partition coefficient (Wildman–Crippen LogP) is 5.47. The van der Waals surface area contributed by atoms with Crippen molar-refractivity contribution >= 4 is 17.7 Å². The number of anilines is 1. The van der Waals surface area contributed by atoms with Crippen LogP contribution in [-0.2, 0) is 11.2 Å². The van der Waals surface area contributed by atoms with Crippen LogP contribution < -0.4 is 15.5 Å². The molecule has 180 valence electrons. The van der Waals surface area contributed by atoms with Crippen LogP contribution in [0.5, 0.6) is 0 Å². The van der Waals surface area contributed by atoms with Crippen LogP contribution in [-0.4, -0.2) is 43.3 Å². The Hall–Kier alpha value is -2.86. The zero-order chi connectivity index (χ0) is 24.1. The van der Waals surface area contributed by atoms with Gasteiger partial charge in [-0.15, -0.1) is 0 Å². The Morgan fingerprint density at radius 2 is 1.64 bits per heavy atom. The molecule has 0 aliphatic carbocycles. The lowest BCUT2D eigenvalue weighted by atomic mass is 10.00. The van der Waals surface area contributed by atoms with Crippen molar-refractivity contribution in [3.8, 4) is 11.1 Å². The van der Waals surface area contributed by atoms with Gasteiger partial charge in [0.25, 0.3) is 0 Å². The Morgan fingerprint density at radius 3 is 2.30 bits per heavy atom. The van der Waals surface area contributed by atoms with Crippen molar-refractivity contribution in [3.05, 3.63) is 54.1 Å². The van der Waals surface area contributed by atoms with E-state index in [1.54, 1.807) is 11.9 Å². The van der Waals surface area contributed by atoms with E-state index in [0.29, 0.717) is 19.5 Å². The van der Waals surface area contributed by atoms with Crippen molar-refractivity contribution in [2.24, 2.45) is 0 Å². The van der Waals surface area contributed by atoms with E-state index in [2.05, 4.69) is 17.6 Å². The highest BCUT2D eigenvalue weighted by atomic mass is 16.4. The second kappa shape index (κ2) is 14.3. The molecule has 0 radical (unpaired) electrons. The average Bonchev–Trinajstić information content (AvgIpc) is 2.83. The first-order valence-electron chi connectivity index (χ1n) is 12.1. The van der Waals surface area contributed by atoms with Gasteiger partial charge in [-0.25, -0.2) is 4.79 Å². The standard InChI is InChI=1S/C27H39N3O3/c1-4-6-7-8-9-18-29-27(33)30(3)24-12-10-11-23(20-24)22-15-13-21(14-16-22)19-25(26(31)32)28-17-5-2/h10-16,20,25,28H,4-9,17-19H2,1-3H3,(H,29,33)(H,31,32)/t25-/m0/s1. The van der Waals surface area contributed by atoms with Crippen LogP contribution in [0, 0.1) is 0 Å². The molecule has 2 aromatic rings. The van der Waals surface area contributed by atoms with Crippen molar-refractivity contribution in [2.75, 3.05) is 25.0 Å². The van der Waals surface area contributed by atoms with Crippen LogP contribution in [0.15, 0.2) is 48.5 Å². The fraction of sp³-hybridized carbons (Fsp3) is 0.481. The number of carbonyl (C=O) groups is 2. The maximum absolute atomic E-state index is 12.5. The summed E-state index contributed by atoms with van der Waals surface area (Å²) in [6, 6.07) is 15.2. The van der Waals surface area contributed by atoms with Crippen LogP contribution in [0.3, 0.4) is 0 Å². The number of unbranched alkanes of at least 4 members (excludes halogenated alkanes) is 4. The Labute approximate surface area is 198 Å². The maximum Gasteiger partial charge on any atom is 0.321 e. The maximum atomic E-state index is 12.5. The second-order valence-electron chi connectivity index (χ2n) is 8.50. The number of amides is 2. The van der Waals surface area contributed by atoms with Gasteiger partial charge >= 0.3 is 12.0 Å². The van der Waals surface area contributed by atoms with Crippen molar-refractivity contribution in [1.29, 1.82) is 0 Å². The van der Waals surface area contributed by atoms with Gasteiger partial charge in [0.05, 0.1) is 0 Å². The summed E-state index contributed by atoms with van der Waals surface area (Å²) < 4.78 is 0. The number of hydrogen-bond donors (Lipinski definition) is 3. The number of hydrogen-bond acceptors (Lipinski definition) is 3. The van der Waals surface area contributed by atoms with Crippen molar-refractivity contribution in [2.45, 2.75) is 64.8 Å². The third-order valence-corrected chi connectivity index (χ3v) is 5.76. The van der Waals surface area contributed by atoms with Gasteiger partial charge < -0.3 is 15.7 Å². The van der Waals surface area contributed by atoms with Crippen molar-refractivity contribution in [3.63, 3.8) is 0 Å². The molecule has 6 heteroatoms. The van der Waals surface area contributed by atoms with E-state index in [1.165, 1.54) is 19.3 Å². The van der Waals surface area contributed by atoms with Crippen molar-refractivity contribution in [1.82, 2.24) is 10.6 Å². The summed E-state index contributed by atoms with van der Waals surface area (Å²) >= 11 is 0. The molecule has 0 aliphatic rings. The Kier molecular flexibility index (Phi) is 11.5. The van der Waals surface area contributed by atoms with Gasteiger partial charge in [-0.2, -0.15) is 0 Å². The fourth-order valence-electron chi connectivity index (χ4n) is 3.69. The van der Waals surface area contributed by atoms with Gasteiger partial charge in [0.1, 0.15) is 6.04 Å². The quantitative estimate of drug-likeness (QED) is 0.332. The van der Waals surface area contributed by atoms with Gasteiger partial charge in [0.2, 0.25) is 0 Å². The Morgan fingerprint density at radius 1 is 0.909 bits per heavy atom. The third-order valence-electron chi connectivity index (χ3n) is 5.76.